The summed E-state index contributed by atoms with van der Waals surface area (Å²) in [6, 6.07) is 10.2. The highest BCUT2D eigenvalue weighted by Crippen LogP contribution is 2.21. The molecular weight excluding hydrogens is 266 g/mol. The lowest BCUT2D eigenvalue weighted by Crippen LogP contribution is -2.36. The van der Waals surface area contributed by atoms with E-state index in [0.717, 1.165) is 43.6 Å². The van der Waals surface area contributed by atoms with Crippen molar-refractivity contribution in [2.24, 2.45) is 0 Å². The van der Waals surface area contributed by atoms with Crippen molar-refractivity contribution in [3.05, 3.63) is 36.7 Å². The first-order valence-electron chi connectivity index (χ1n) is 7.05. The molecule has 0 radical (unpaired) electrons. The van der Waals surface area contributed by atoms with E-state index in [0.29, 0.717) is 0 Å². The molecule has 0 aliphatic carbocycles. The lowest BCUT2D eigenvalue weighted by molar-refractivity contribution is 0.122. The second-order valence-electron chi connectivity index (χ2n) is 4.81. The smallest absolute Gasteiger partial charge is 0.135 e. The normalized spacial score (nSPS) is 14.8. The molecular formula is C15H19N5O. The third-order valence-electron chi connectivity index (χ3n) is 3.44. The fourth-order valence-corrected chi connectivity index (χ4v) is 2.29. The molecule has 1 aromatic carbocycles. The summed E-state index contributed by atoms with van der Waals surface area (Å²) in [7, 11) is 1.84. The molecule has 0 amide bonds. The van der Waals surface area contributed by atoms with Crippen LogP contribution in [0.25, 0.3) is 0 Å². The Bertz CT molecular complexity index is 581. The lowest BCUT2D eigenvalue weighted by atomic mass is 10.2. The molecule has 0 spiro atoms. The number of hydrogen-bond donors (Lipinski definition) is 2. The van der Waals surface area contributed by atoms with Gasteiger partial charge in [0.05, 0.1) is 13.2 Å². The number of rotatable bonds is 4. The predicted octanol–water partition coefficient (Wildman–Crippen LogP) is 2.10. The van der Waals surface area contributed by atoms with Crippen LogP contribution in [0.2, 0.25) is 0 Å². The molecule has 1 saturated heterocycles. The minimum atomic E-state index is 0.772. The van der Waals surface area contributed by atoms with Crippen molar-refractivity contribution >= 4 is 23.0 Å². The van der Waals surface area contributed by atoms with Gasteiger partial charge in [0, 0.05) is 37.6 Å². The van der Waals surface area contributed by atoms with Crippen LogP contribution in [-0.2, 0) is 4.74 Å². The summed E-state index contributed by atoms with van der Waals surface area (Å²) in [5, 5.41) is 6.27. The largest absolute Gasteiger partial charge is 0.378 e. The second kappa shape index (κ2) is 6.41. The van der Waals surface area contributed by atoms with Crippen LogP contribution in [0, 0.1) is 0 Å². The van der Waals surface area contributed by atoms with Crippen molar-refractivity contribution < 1.29 is 4.74 Å². The molecule has 21 heavy (non-hydrogen) atoms. The Morgan fingerprint density at radius 3 is 2.48 bits per heavy atom. The van der Waals surface area contributed by atoms with Crippen molar-refractivity contribution in [3.63, 3.8) is 0 Å². The van der Waals surface area contributed by atoms with Crippen molar-refractivity contribution in [1.82, 2.24) is 9.97 Å². The summed E-state index contributed by atoms with van der Waals surface area (Å²) in [6.45, 7) is 3.50. The zero-order valence-corrected chi connectivity index (χ0v) is 12.0. The van der Waals surface area contributed by atoms with Crippen LogP contribution >= 0.6 is 0 Å². The number of nitrogens with one attached hydrogen (secondary N) is 2. The Hall–Kier alpha value is -2.34. The molecule has 2 N–H and O–H groups in total. The molecule has 1 aliphatic heterocycles. The maximum atomic E-state index is 5.37. The van der Waals surface area contributed by atoms with Crippen LogP contribution in [0.3, 0.4) is 0 Å². The van der Waals surface area contributed by atoms with E-state index >= 15 is 0 Å². The third kappa shape index (κ3) is 3.41. The zero-order valence-electron chi connectivity index (χ0n) is 12.0. The van der Waals surface area contributed by atoms with Crippen LogP contribution in [0.5, 0.6) is 0 Å². The third-order valence-corrected chi connectivity index (χ3v) is 3.44. The highest BCUT2D eigenvalue weighted by Gasteiger charge is 2.10. The van der Waals surface area contributed by atoms with E-state index in [4.69, 9.17) is 4.74 Å². The molecule has 6 heteroatoms. The Morgan fingerprint density at radius 1 is 1.05 bits per heavy atom. The molecule has 3 rings (SSSR count). The Morgan fingerprint density at radius 2 is 1.76 bits per heavy atom. The molecule has 6 nitrogen and oxygen atoms in total. The summed E-state index contributed by atoms with van der Waals surface area (Å²) < 4.78 is 5.37. The summed E-state index contributed by atoms with van der Waals surface area (Å²) in [5.41, 5.74) is 2.23. The Labute approximate surface area is 124 Å². The average Bonchev–Trinajstić information content (AvgIpc) is 2.56. The summed E-state index contributed by atoms with van der Waals surface area (Å²) in [6.07, 6.45) is 1.54. The highest BCUT2D eigenvalue weighted by molar-refractivity contribution is 5.62. The number of hydrogen-bond acceptors (Lipinski definition) is 6. The second-order valence-corrected chi connectivity index (χ2v) is 4.81. The van der Waals surface area contributed by atoms with Gasteiger partial charge in [-0.15, -0.1) is 0 Å². The van der Waals surface area contributed by atoms with E-state index in [2.05, 4.69) is 49.8 Å². The monoisotopic (exact) mass is 285 g/mol. The maximum Gasteiger partial charge on any atom is 0.135 e. The van der Waals surface area contributed by atoms with Gasteiger partial charge in [0.2, 0.25) is 0 Å². The van der Waals surface area contributed by atoms with Crippen LogP contribution in [-0.4, -0.2) is 43.3 Å². The number of anilines is 4. The first kappa shape index (κ1) is 13.6. The molecule has 110 valence electrons. The first-order chi connectivity index (χ1) is 10.3. The predicted molar refractivity (Wildman–Crippen MR) is 84.3 cm³/mol. The van der Waals surface area contributed by atoms with Crippen LogP contribution in [0.1, 0.15) is 0 Å². The number of nitrogens with zero attached hydrogens (tertiary/aromatic N) is 3. The van der Waals surface area contributed by atoms with Gasteiger partial charge in [0.15, 0.2) is 0 Å². The van der Waals surface area contributed by atoms with Gasteiger partial charge in [-0.05, 0) is 24.3 Å². The van der Waals surface area contributed by atoms with Gasteiger partial charge in [-0.3, -0.25) is 0 Å². The Balaban J connectivity index is 1.68. The summed E-state index contributed by atoms with van der Waals surface area (Å²) in [5.74, 6) is 1.56. The van der Waals surface area contributed by atoms with Crippen molar-refractivity contribution in [2.75, 3.05) is 48.9 Å². The fourth-order valence-electron chi connectivity index (χ4n) is 2.29. The van der Waals surface area contributed by atoms with Gasteiger partial charge in [-0.2, -0.15) is 0 Å². The number of benzene rings is 1. The van der Waals surface area contributed by atoms with Gasteiger partial charge < -0.3 is 20.3 Å². The maximum absolute atomic E-state index is 5.37. The van der Waals surface area contributed by atoms with Gasteiger partial charge in [-0.25, -0.2) is 9.97 Å². The lowest BCUT2D eigenvalue weighted by Gasteiger charge is -2.28. The molecule has 0 atom stereocenters. The van der Waals surface area contributed by atoms with E-state index in [-0.39, 0.29) is 0 Å². The number of aromatic nitrogens is 2. The highest BCUT2D eigenvalue weighted by atomic mass is 16.5. The van der Waals surface area contributed by atoms with Gasteiger partial charge in [0.1, 0.15) is 18.0 Å². The van der Waals surface area contributed by atoms with Crippen LogP contribution in [0.15, 0.2) is 36.7 Å². The molecule has 0 unspecified atom stereocenters. The minimum Gasteiger partial charge on any atom is -0.378 e. The van der Waals surface area contributed by atoms with Crippen molar-refractivity contribution in [3.8, 4) is 0 Å². The molecule has 0 bridgehead atoms. The summed E-state index contributed by atoms with van der Waals surface area (Å²) in [4.78, 5) is 10.6. The first-order valence-corrected chi connectivity index (χ1v) is 7.05. The van der Waals surface area contributed by atoms with Crippen LogP contribution < -0.4 is 15.5 Å². The Kier molecular flexibility index (Phi) is 4.16. The standard InChI is InChI=1S/C15H19N5O/c1-16-14-10-15(18-11-17-14)19-12-2-4-13(5-3-12)20-6-8-21-9-7-20/h2-5,10-11H,6-9H2,1H3,(H2,16,17,18,19). The van der Waals surface area contributed by atoms with E-state index < -0.39 is 0 Å². The fraction of sp³-hybridized carbons (Fsp3) is 0.333. The van der Waals surface area contributed by atoms with Gasteiger partial charge in [0.25, 0.3) is 0 Å². The van der Waals surface area contributed by atoms with E-state index in [9.17, 15) is 0 Å². The van der Waals surface area contributed by atoms with Crippen molar-refractivity contribution in [1.29, 1.82) is 0 Å². The average molecular weight is 285 g/mol. The number of morpholine rings is 1. The molecule has 0 saturated carbocycles. The van der Waals surface area contributed by atoms with E-state index in [1.807, 2.05) is 13.1 Å². The SMILES string of the molecule is CNc1cc(Nc2ccc(N3CCOCC3)cc2)ncn1. The molecule has 2 aromatic rings. The van der Waals surface area contributed by atoms with Crippen LogP contribution in [0.4, 0.5) is 23.0 Å². The van der Waals surface area contributed by atoms with Gasteiger partial charge >= 0.3 is 0 Å². The molecule has 1 aliphatic rings. The molecule has 2 heterocycles. The minimum absolute atomic E-state index is 0.772. The quantitative estimate of drug-likeness (QED) is 0.897. The molecule has 1 fully saturated rings. The summed E-state index contributed by atoms with van der Waals surface area (Å²) >= 11 is 0. The van der Waals surface area contributed by atoms with E-state index in [1.165, 1.54) is 12.0 Å². The molecule has 1 aromatic heterocycles. The number of ether oxygens (including phenoxy) is 1. The van der Waals surface area contributed by atoms with Gasteiger partial charge in [-0.1, -0.05) is 0 Å². The van der Waals surface area contributed by atoms with E-state index in [1.54, 1.807) is 0 Å². The topological polar surface area (TPSA) is 62.3 Å². The van der Waals surface area contributed by atoms with Crippen molar-refractivity contribution in [2.45, 2.75) is 0 Å². The zero-order chi connectivity index (χ0) is 14.5.